The Morgan fingerprint density at radius 3 is 2.91 bits per heavy atom. The standard InChI is InChI=1S/C17H24N2O4/c1-22-15-5-4-12(11-18-15)16-13(6-9-23-16)19-14(20)10-17(21)7-2-3-8-17/h4-5,11,13,16,21H,2-3,6-10H2,1H3,(H,19,20)/t13-,16+/m0/s1. The van der Waals surface area contributed by atoms with E-state index < -0.39 is 5.60 Å². The van der Waals surface area contributed by atoms with Crippen molar-refractivity contribution in [2.45, 2.75) is 56.3 Å². The summed E-state index contributed by atoms with van der Waals surface area (Å²) in [6.45, 7) is 0.603. The van der Waals surface area contributed by atoms with Gasteiger partial charge in [-0.2, -0.15) is 0 Å². The minimum atomic E-state index is -0.819. The monoisotopic (exact) mass is 320 g/mol. The Morgan fingerprint density at radius 2 is 2.26 bits per heavy atom. The Balaban J connectivity index is 1.60. The molecule has 6 nitrogen and oxygen atoms in total. The first kappa shape index (κ1) is 16.2. The number of carbonyl (C=O) groups is 1. The molecule has 3 rings (SSSR count). The summed E-state index contributed by atoms with van der Waals surface area (Å²) in [4.78, 5) is 16.5. The van der Waals surface area contributed by atoms with Gasteiger partial charge in [0.2, 0.25) is 11.8 Å². The highest BCUT2D eigenvalue weighted by atomic mass is 16.5. The van der Waals surface area contributed by atoms with Crippen LogP contribution in [0.15, 0.2) is 18.3 Å². The topological polar surface area (TPSA) is 80.7 Å². The molecule has 2 atom stereocenters. The lowest BCUT2D eigenvalue weighted by molar-refractivity contribution is -0.127. The van der Waals surface area contributed by atoms with Crippen molar-refractivity contribution in [3.05, 3.63) is 23.9 Å². The molecule has 0 aromatic carbocycles. The highest BCUT2D eigenvalue weighted by molar-refractivity contribution is 5.77. The van der Waals surface area contributed by atoms with E-state index >= 15 is 0 Å². The van der Waals surface area contributed by atoms with E-state index in [1.54, 1.807) is 19.4 Å². The molecule has 1 aliphatic carbocycles. The largest absolute Gasteiger partial charge is 0.481 e. The van der Waals surface area contributed by atoms with Crippen molar-refractivity contribution in [3.63, 3.8) is 0 Å². The summed E-state index contributed by atoms with van der Waals surface area (Å²) in [5.74, 6) is 0.451. The van der Waals surface area contributed by atoms with Crippen LogP contribution in [0.3, 0.4) is 0 Å². The summed E-state index contributed by atoms with van der Waals surface area (Å²) >= 11 is 0. The number of amides is 1. The summed E-state index contributed by atoms with van der Waals surface area (Å²) in [6, 6.07) is 3.62. The second-order valence-electron chi connectivity index (χ2n) is 6.50. The third-order valence-electron chi connectivity index (χ3n) is 4.76. The van der Waals surface area contributed by atoms with Crippen LogP contribution in [0.5, 0.6) is 5.88 Å². The van der Waals surface area contributed by atoms with Crippen molar-refractivity contribution in [2.75, 3.05) is 13.7 Å². The second-order valence-corrected chi connectivity index (χ2v) is 6.50. The number of carbonyl (C=O) groups excluding carboxylic acids is 1. The molecule has 23 heavy (non-hydrogen) atoms. The molecule has 0 unspecified atom stereocenters. The molecule has 2 heterocycles. The predicted octanol–water partition coefficient (Wildman–Crippen LogP) is 1.73. The first-order valence-corrected chi connectivity index (χ1v) is 8.23. The normalized spacial score (nSPS) is 26.2. The molecule has 2 N–H and O–H groups in total. The summed E-state index contributed by atoms with van der Waals surface area (Å²) < 4.78 is 10.8. The van der Waals surface area contributed by atoms with E-state index in [1.807, 2.05) is 6.07 Å². The highest BCUT2D eigenvalue weighted by Gasteiger charge is 2.36. The molecule has 2 fully saturated rings. The third-order valence-corrected chi connectivity index (χ3v) is 4.76. The van der Waals surface area contributed by atoms with Gasteiger partial charge >= 0.3 is 0 Å². The molecule has 1 saturated carbocycles. The SMILES string of the molecule is COc1ccc([C@H]2OCC[C@@H]2NC(=O)CC2(O)CCCC2)cn1. The Bertz CT molecular complexity index is 540. The van der Waals surface area contributed by atoms with Crippen LogP contribution >= 0.6 is 0 Å². The number of hydrogen-bond donors (Lipinski definition) is 2. The first-order valence-electron chi connectivity index (χ1n) is 8.23. The Morgan fingerprint density at radius 1 is 1.48 bits per heavy atom. The number of aromatic nitrogens is 1. The third kappa shape index (κ3) is 3.82. The van der Waals surface area contributed by atoms with Crippen molar-refractivity contribution in [1.29, 1.82) is 0 Å². The van der Waals surface area contributed by atoms with Crippen LogP contribution in [0.1, 0.15) is 50.2 Å². The molecular formula is C17H24N2O4. The molecule has 0 bridgehead atoms. The molecule has 1 aromatic heterocycles. The maximum atomic E-state index is 12.3. The maximum Gasteiger partial charge on any atom is 0.223 e. The van der Waals surface area contributed by atoms with E-state index in [2.05, 4.69) is 10.3 Å². The number of nitrogens with one attached hydrogen (secondary N) is 1. The summed E-state index contributed by atoms with van der Waals surface area (Å²) in [6.07, 6.45) is 5.89. The Hall–Kier alpha value is -1.66. The van der Waals surface area contributed by atoms with Crippen molar-refractivity contribution >= 4 is 5.91 Å². The summed E-state index contributed by atoms with van der Waals surface area (Å²) in [7, 11) is 1.57. The van der Waals surface area contributed by atoms with E-state index in [9.17, 15) is 9.90 Å². The number of pyridine rings is 1. The lowest BCUT2D eigenvalue weighted by Gasteiger charge is -2.24. The molecule has 1 aliphatic heterocycles. The van der Waals surface area contributed by atoms with Gasteiger partial charge in [0.25, 0.3) is 0 Å². The van der Waals surface area contributed by atoms with E-state index in [0.717, 1.165) is 24.8 Å². The number of methoxy groups -OCH3 is 1. The van der Waals surface area contributed by atoms with Crippen molar-refractivity contribution < 1.29 is 19.4 Å². The summed E-state index contributed by atoms with van der Waals surface area (Å²) in [5, 5.41) is 13.4. The fourth-order valence-electron chi connectivity index (χ4n) is 3.51. The van der Waals surface area contributed by atoms with Gasteiger partial charge in [-0.25, -0.2) is 4.98 Å². The van der Waals surface area contributed by atoms with Gasteiger partial charge in [-0.05, 0) is 25.3 Å². The predicted molar refractivity (Wildman–Crippen MR) is 84.1 cm³/mol. The molecule has 0 spiro atoms. The zero-order valence-electron chi connectivity index (χ0n) is 13.5. The number of ether oxygens (including phenoxy) is 2. The van der Waals surface area contributed by atoms with Gasteiger partial charge < -0.3 is 19.9 Å². The van der Waals surface area contributed by atoms with Crippen LogP contribution in [0.2, 0.25) is 0 Å². The fourth-order valence-corrected chi connectivity index (χ4v) is 3.51. The first-order chi connectivity index (χ1) is 11.1. The van der Waals surface area contributed by atoms with E-state index in [4.69, 9.17) is 9.47 Å². The van der Waals surface area contributed by atoms with Crippen LogP contribution < -0.4 is 10.1 Å². The molecule has 126 valence electrons. The number of nitrogens with zero attached hydrogens (tertiary/aromatic N) is 1. The zero-order chi connectivity index (χ0) is 16.3. The molecule has 1 amide bonds. The number of hydrogen-bond acceptors (Lipinski definition) is 5. The van der Waals surface area contributed by atoms with Crippen molar-refractivity contribution in [2.24, 2.45) is 0 Å². The van der Waals surface area contributed by atoms with Gasteiger partial charge in [0, 0.05) is 24.4 Å². The lowest BCUT2D eigenvalue weighted by Crippen LogP contribution is -2.41. The van der Waals surface area contributed by atoms with Crippen LogP contribution in [0.25, 0.3) is 0 Å². The van der Waals surface area contributed by atoms with Crippen LogP contribution in [0, 0.1) is 0 Å². The Kier molecular flexibility index (Phi) is 4.82. The lowest BCUT2D eigenvalue weighted by atomic mass is 9.96. The second kappa shape index (κ2) is 6.84. The minimum Gasteiger partial charge on any atom is -0.481 e. The smallest absolute Gasteiger partial charge is 0.223 e. The van der Waals surface area contributed by atoms with Crippen molar-refractivity contribution in [1.82, 2.24) is 10.3 Å². The van der Waals surface area contributed by atoms with E-state index in [0.29, 0.717) is 25.3 Å². The average molecular weight is 320 g/mol. The van der Waals surface area contributed by atoms with Crippen molar-refractivity contribution in [3.8, 4) is 5.88 Å². The maximum absolute atomic E-state index is 12.3. The van der Waals surface area contributed by atoms with Gasteiger partial charge in [-0.3, -0.25) is 4.79 Å². The van der Waals surface area contributed by atoms with Crippen LogP contribution in [0.4, 0.5) is 0 Å². The highest BCUT2D eigenvalue weighted by Crippen LogP contribution is 2.33. The van der Waals surface area contributed by atoms with Crippen LogP contribution in [-0.2, 0) is 9.53 Å². The van der Waals surface area contributed by atoms with Gasteiger partial charge in [-0.1, -0.05) is 12.8 Å². The van der Waals surface area contributed by atoms with E-state index in [1.165, 1.54) is 0 Å². The van der Waals surface area contributed by atoms with Gasteiger partial charge in [0.05, 0.1) is 25.2 Å². The molecule has 1 saturated heterocycles. The van der Waals surface area contributed by atoms with Gasteiger partial charge in [-0.15, -0.1) is 0 Å². The molecule has 0 radical (unpaired) electrons. The van der Waals surface area contributed by atoms with Gasteiger partial charge in [0.15, 0.2) is 0 Å². The zero-order valence-corrected chi connectivity index (χ0v) is 13.5. The molecule has 2 aliphatic rings. The van der Waals surface area contributed by atoms with Crippen LogP contribution in [-0.4, -0.2) is 41.4 Å². The quantitative estimate of drug-likeness (QED) is 0.863. The minimum absolute atomic E-state index is 0.0808. The summed E-state index contributed by atoms with van der Waals surface area (Å²) in [5.41, 5.74) is 0.105. The average Bonchev–Trinajstić information content (AvgIpc) is 3.16. The molecule has 1 aromatic rings. The van der Waals surface area contributed by atoms with Gasteiger partial charge in [0.1, 0.15) is 6.10 Å². The number of rotatable bonds is 5. The Labute approximate surface area is 136 Å². The van der Waals surface area contributed by atoms with E-state index in [-0.39, 0.29) is 24.5 Å². The number of aliphatic hydroxyl groups is 1. The molecule has 6 heteroatoms. The fraction of sp³-hybridized carbons (Fsp3) is 0.647. The molecular weight excluding hydrogens is 296 g/mol.